The average molecular weight is 535 g/mol. The molecule has 2 aliphatic rings. The van der Waals surface area contributed by atoms with E-state index < -0.39 is 47.0 Å². The Kier molecular flexibility index (Phi) is 7.62. The molecule has 0 radical (unpaired) electrons. The second-order valence-electron chi connectivity index (χ2n) is 8.68. The summed E-state index contributed by atoms with van der Waals surface area (Å²) in [6, 6.07) is 2.27. The van der Waals surface area contributed by atoms with Gasteiger partial charge in [-0.1, -0.05) is 0 Å². The molecule has 37 heavy (non-hydrogen) atoms. The van der Waals surface area contributed by atoms with Gasteiger partial charge in [-0.05, 0) is 25.0 Å². The van der Waals surface area contributed by atoms with Crippen molar-refractivity contribution in [2.75, 3.05) is 37.7 Å². The lowest BCUT2D eigenvalue weighted by Gasteiger charge is -2.36. The van der Waals surface area contributed by atoms with Crippen LogP contribution in [0, 0.1) is 0 Å². The predicted molar refractivity (Wildman–Crippen MR) is 116 cm³/mol. The van der Waals surface area contributed by atoms with E-state index in [2.05, 4.69) is 10.1 Å². The Morgan fingerprint density at radius 3 is 2.35 bits per heavy atom. The number of hydrogen-bond donors (Lipinski definition) is 1. The molecule has 0 saturated carbocycles. The molecule has 2 fully saturated rings. The first-order valence-corrected chi connectivity index (χ1v) is 11.4. The van der Waals surface area contributed by atoms with Crippen LogP contribution < -0.4 is 15.2 Å². The highest BCUT2D eigenvalue weighted by Gasteiger charge is 2.39. The maximum Gasteiger partial charge on any atom is 0.425 e. The van der Waals surface area contributed by atoms with Crippen LogP contribution in [0.2, 0.25) is 0 Å². The monoisotopic (exact) mass is 535 g/mol. The zero-order chi connectivity index (χ0) is 26.8. The lowest BCUT2D eigenvalue weighted by molar-refractivity contribution is -0.141. The van der Waals surface area contributed by atoms with Crippen molar-refractivity contribution < 1.29 is 40.6 Å². The van der Waals surface area contributed by atoms with Crippen molar-refractivity contribution in [2.24, 2.45) is 0 Å². The molecule has 9 nitrogen and oxygen atoms in total. The molecule has 2 atom stereocenters. The van der Waals surface area contributed by atoms with Gasteiger partial charge in [0, 0.05) is 32.4 Å². The van der Waals surface area contributed by atoms with Crippen LogP contribution in [-0.4, -0.2) is 71.0 Å². The van der Waals surface area contributed by atoms with Gasteiger partial charge in [0.1, 0.15) is 12.4 Å². The number of aromatic nitrogens is 3. The molecule has 2 aliphatic heterocycles. The van der Waals surface area contributed by atoms with Crippen LogP contribution in [0.3, 0.4) is 0 Å². The Bertz CT molecular complexity index is 1150. The molecule has 202 valence electrons. The molecule has 2 aromatic rings. The smallest absolute Gasteiger partial charge is 0.425 e. The van der Waals surface area contributed by atoms with Gasteiger partial charge in [-0.2, -0.15) is 31.4 Å². The summed E-state index contributed by atoms with van der Waals surface area (Å²) < 4.78 is 88.5. The van der Waals surface area contributed by atoms with E-state index in [1.165, 1.54) is 6.07 Å². The topological polar surface area (TPSA) is 101 Å². The fourth-order valence-corrected chi connectivity index (χ4v) is 4.24. The first kappa shape index (κ1) is 26.7. The first-order valence-electron chi connectivity index (χ1n) is 11.4. The molecular formula is C22H23F6N5O4. The molecule has 1 N–H and O–H groups in total. The van der Waals surface area contributed by atoms with Gasteiger partial charge in [-0.25, -0.2) is 10.1 Å². The number of halogens is 6. The normalized spacial score (nSPS) is 20.8. The van der Waals surface area contributed by atoms with Crippen LogP contribution in [0.5, 0.6) is 5.75 Å². The number of anilines is 1. The van der Waals surface area contributed by atoms with Crippen LogP contribution in [-0.2, 0) is 21.9 Å². The summed E-state index contributed by atoms with van der Waals surface area (Å²) in [6.45, 7) is 1.28. The SMILES string of the molecule is O=C(C[C@H]1CC[C@H](COc2cn[nH]c(=O)c2C(F)(F)F)O1)N1CCN(c2ccc(C(F)(F)F)cn2)CC1. The van der Waals surface area contributed by atoms with Crippen LogP contribution in [0.4, 0.5) is 32.2 Å². The number of carbonyl (C=O) groups excluding carboxylic acids is 1. The van der Waals surface area contributed by atoms with E-state index in [-0.39, 0.29) is 18.9 Å². The summed E-state index contributed by atoms with van der Waals surface area (Å²) >= 11 is 0. The molecule has 0 spiro atoms. The van der Waals surface area contributed by atoms with Crippen molar-refractivity contribution in [3.8, 4) is 5.75 Å². The highest BCUT2D eigenvalue weighted by molar-refractivity contribution is 5.77. The van der Waals surface area contributed by atoms with Crippen molar-refractivity contribution in [1.29, 1.82) is 0 Å². The van der Waals surface area contributed by atoms with Gasteiger partial charge in [0.2, 0.25) is 5.91 Å². The lowest BCUT2D eigenvalue weighted by Crippen LogP contribution is -2.49. The lowest BCUT2D eigenvalue weighted by atomic mass is 10.1. The summed E-state index contributed by atoms with van der Waals surface area (Å²) in [5, 5.41) is 5.07. The van der Waals surface area contributed by atoms with E-state index >= 15 is 0 Å². The maximum atomic E-state index is 13.1. The number of pyridine rings is 1. The quantitative estimate of drug-likeness (QED) is 0.568. The van der Waals surface area contributed by atoms with Gasteiger partial charge in [-0.3, -0.25) is 9.59 Å². The molecule has 15 heteroatoms. The molecule has 2 aromatic heterocycles. The first-order chi connectivity index (χ1) is 17.4. The van der Waals surface area contributed by atoms with Crippen molar-refractivity contribution in [3.63, 3.8) is 0 Å². The highest BCUT2D eigenvalue weighted by Crippen LogP contribution is 2.33. The number of nitrogens with zero attached hydrogens (tertiary/aromatic N) is 4. The van der Waals surface area contributed by atoms with E-state index in [0.717, 1.165) is 18.5 Å². The number of nitrogens with one attached hydrogen (secondary N) is 1. The number of amides is 1. The predicted octanol–water partition coefficient (Wildman–Crippen LogP) is 2.87. The summed E-state index contributed by atoms with van der Waals surface area (Å²) in [4.78, 5) is 31.5. The molecule has 1 amide bonds. The Hall–Kier alpha value is -3.36. The molecule has 0 aromatic carbocycles. The van der Waals surface area contributed by atoms with E-state index in [1.807, 2.05) is 0 Å². The molecule has 0 bridgehead atoms. The summed E-state index contributed by atoms with van der Waals surface area (Å²) in [5.41, 5.74) is -3.71. The minimum absolute atomic E-state index is 0.0788. The Morgan fingerprint density at radius 1 is 1.03 bits per heavy atom. The molecule has 4 rings (SSSR count). The van der Waals surface area contributed by atoms with Crippen LogP contribution in [0.25, 0.3) is 0 Å². The summed E-state index contributed by atoms with van der Waals surface area (Å²) in [6.07, 6.45) is -7.76. The summed E-state index contributed by atoms with van der Waals surface area (Å²) in [5.74, 6) is -0.462. The number of ether oxygens (including phenoxy) is 2. The number of rotatable bonds is 6. The van der Waals surface area contributed by atoms with Crippen LogP contribution in [0.15, 0.2) is 29.3 Å². The molecular weight excluding hydrogens is 512 g/mol. The van der Waals surface area contributed by atoms with Gasteiger partial charge in [0.25, 0.3) is 5.56 Å². The highest BCUT2D eigenvalue weighted by atomic mass is 19.4. The van der Waals surface area contributed by atoms with Crippen molar-refractivity contribution in [3.05, 3.63) is 46.0 Å². The van der Waals surface area contributed by atoms with Gasteiger partial charge in [0.15, 0.2) is 11.3 Å². The zero-order valence-electron chi connectivity index (χ0n) is 19.3. The number of piperazine rings is 1. The van der Waals surface area contributed by atoms with Crippen molar-refractivity contribution >= 4 is 11.7 Å². The van der Waals surface area contributed by atoms with Crippen LogP contribution in [0.1, 0.15) is 30.4 Å². The number of carbonyl (C=O) groups is 1. The summed E-state index contributed by atoms with van der Waals surface area (Å²) in [7, 11) is 0. The van der Waals surface area contributed by atoms with E-state index in [0.29, 0.717) is 44.8 Å². The number of hydrogen-bond acceptors (Lipinski definition) is 7. The second-order valence-corrected chi connectivity index (χ2v) is 8.68. The Labute approximate surface area is 206 Å². The largest absolute Gasteiger partial charge is 0.488 e. The Morgan fingerprint density at radius 2 is 1.73 bits per heavy atom. The molecule has 0 unspecified atom stereocenters. The Balaban J connectivity index is 1.23. The molecule has 0 aliphatic carbocycles. The third-order valence-corrected chi connectivity index (χ3v) is 6.16. The van der Waals surface area contributed by atoms with Gasteiger partial charge >= 0.3 is 12.4 Å². The molecule has 4 heterocycles. The minimum atomic E-state index is -4.91. The minimum Gasteiger partial charge on any atom is -0.488 e. The maximum absolute atomic E-state index is 13.1. The third kappa shape index (κ3) is 6.50. The van der Waals surface area contributed by atoms with E-state index in [1.54, 1.807) is 14.9 Å². The van der Waals surface area contributed by atoms with Crippen molar-refractivity contribution in [1.82, 2.24) is 20.1 Å². The van der Waals surface area contributed by atoms with E-state index in [4.69, 9.17) is 9.47 Å². The van der Waals surface area contributed by atoms with Gasteiger partial charge < -0.3 is 19.3 Å². The zero-order valence-corrected chi connectivity index (χ0v) is 19.3. The van der Waals surface area contributed by atoms with Crippen LogP contribution >= 0.6 is 0 Å². The number of H-pyrrole nitrogens is 1. The number of aromatic amines is 1. The number of alkyl halides is 6. The van der Waals surface area contributed by atoms with E-state index in [9.17, 15) is 35.9 Å². The fourth-order valence-electron chi connectivity index (χ4n) is 4.24. The van der Waals surface area contributed by atoms with Gasteiger partial charge in [0.05, 0.1) is 30.4 Å². The molecule has 2 saturated heterocycles. The average Bonchev–Trinajstić information content (AvgIpc) is 3.28. The van der Waals surface area contributed by atoms with Crippen molar-refractivity contribution in [2.45, 2.75) is 43.8 Å². The van der Waals surface area contributed by atoms with Gasteiger partial charge in [-0.15, -0.1) is 0 Å². The fraction of sp³-hybridized carbons (Fsp3) is 0.545. The standard InChI is InChI=1S/C22H23F6N5O4/c23-21(24,25)13-1-4-17(29-10-13)32-5-7-33(8-6-32)18(34)9-14-2-3-15(37-14)12-36-16-11-30-31-20(35)19(16)22(26,27)28/h1,4,10-11,14-15H,2-3,5-9,12H2,(H,31,35)/t14-,15-/m1/s1. The second kappa shape index (κ2) is 10.6. The third-order valence-electron chi connectivity index (χ3n) is 6.16.